The number of aryl methyl sites for hydroxylation is 1. The minimum atomic E-state index is -0.229. The molecule has 0 saturated carbocycles. The highest BCUT2D eigenvalue weighted by atomic mass is 32.1. The van der Waals surface area contributed by atoms with Gasteiger partial charge in [-0.1, -0.05) is 18.2 Å². The fraction of sp³-hybridized carbons (Fsp3) is 0.143. The number of thiophene rings is 1. The molecule has 3 rings (SSSR count). The zero-order valence-electron chi connectivity index (χ0n) is 10.9. The maximum atomic E-state index is 12.8. The molecule has 0 radical (unpaired) electrons. The van der Waals surface area contributed by atoms with Gasteiger partial charge in [0, 0.05) is 13.6 Å². The summed E-state index contributed by atoms with van der Waals surface area (Å²) >= 11 is 1.61. The third kappa shape index (κ3) is 2.70. The largest absolute Gasteiger partial charge is 0.350 e. The Morgan fingerprint density at radius 1 is 1.25 bits per heavy atom. The Labute approximate surface area is 119 Å². The van der Waals surface area contributed by atoms with Crippen molar-refractivity contribution in [1.29, 1.82) is 0 Å². The monoisotopic (exact) mass is 288 g/mol. The van der Waals surface area contributed by atoms with Crippen LogP contribution in [0, 0.1) is 5.82 Å². The Balaban J connectivity index is 1.73. The minimum Gasteiger partial charge on any atom is -0.350 e. The van der Waals surface area contributed by atoms with Crippen LogP contribution in [0.5, 0.6) is 0 Å². The predicted molar refractivity (Wildman–Crippen MR) is 78.0 cm³/mol. The van der Waals surface area contributed by atoms with Crippen LogP contribution in [0.25, 0.3) is 10.7 Å². The maximum absolute atomic E-state index is 12.8. The first-order valence-electron chi connectivity index (χ1n) is 6.15. The minimum absolute atomic E-state index is 0.229. The Bertz CT molecular complexity index is 689. The summed E-state index contributed by atoms with van der Waals surface area (Å²) in [5.74, 6) is 1.18. The molecule has 102 valence electrons. The number of nitrogens with zero attached hydrogens (tertiary/aromatic N) is 3. The van der Waals surface area contributed by atoms with Crippen LogP contribution in [0.3, 0.4) is 0 Å². The van der Waals surface area contributed by atoms with Gasteiger partial charge in [-0.3, -0.25) is 0 Å². The summed E-state index contributed by atoms with van der Waals surface area (Å²) in [5.41, 5.74) is 0.993. The van der Waals surface area contributed by atoms with Gasteiger partial charge in [-0.15, -0.1) is 16.4 Å². The average Bonchev–Trinajstić information content (AvgIpc) is 3.08. The molecule has 0 bridgehead atoms. The first-order chi connectivity index (χ1) is 9.72. The number of benzene rings is 1. The van der Waals surface area contributed by atoms with Crippen molar-refractivity contribution >= 4 is 17.3 Å². The average molecular weight is 288 g/mol. The van der Waals surface area contributed by atoms with Crippen molar-refractivity contribution in [2.24, 2.45) is 7.05 Å². The van der Waals surface area contributed by atoms with Gasteiger partial charge >= 0.3 is 0 Å². The lowest BCUT2D eigenvalue weighted by Crippen LogP contribution is -2.05. The Hall–Kier alpha value is -2.21. The van der Waals surface area contributed by atoms with E-state index in [1.165, 1.54) is 12.1 Å². The molecule has 20 heavy (non-hydrogen) atoms. The van der Waals surface area contributed by atoms with E-state index in [-0.39, 0.29) is 5.82 Å². The Morgan fingerprint density at radius 2 is 2.05 bits per heavy atom. The second-order valence-electron chi connectivity index (χ2n) is 4.34. The van der Waals surface area contributed by atoms with Crippen LogP contribution >= 0.6 is 11.3 Å². The van der Waals surface area contributed by atoms with Crippen molar-refractivity contribution in [2.45, 2.75) is 6.54 Å². The standard InChI is InChI=1S/C14H13FN4S/c1-19-14(16-9-10-4-6-11(15)7-5-10)17-13(18-19)12-3-2-8-20-12/h2-8H,9H2,1H3,(H,16,17,18). The third-order valence-electron chi connectivity index (χ3n) is 2.87. The molecule has 0 spiro atoms. The molecule has 3 aromatic rings. The summed E-state index contributed by atoms with van der Waals surface area (Å²) in [5, 5.41) is 9.57. The number of hydrogen-bond acceptors (Lipinski definition) is 4. The van der Waals surface area contributed by atoms with Gasteiger partial charge in [-0.25, -0.2) is 9.07 Å². The fourth-order valence-electron chi connectivity index (χ4n) is 1.83. The van der Waals surface area contributed by atoms with Crippen LogP contribution < -0.4 is 5.32 Å². The van der Waals surface area contributed by atoms with Crippen molar-refractivity contribution in [3.63, 3.8) is 0 Å². The molecule has 1 aromatic carbocycles. The smallest absolute Gasteiger partial charge is 0.221 e. The van der Waals surface area contributed by atoms with Gasteiger partial charge in [0.05, 0.1) is 4.88 Å². The van der Waals surface area contributed by atoms with Crippen molar-refractivity contribution in [3.8, 4) is 10.7 Å². The quantitative estimate of drug-likeness (QED) is 0.801. The second-order valence-corrected chi connectivity index (χ2v) is 5.29. The molecule has 1 N–H and O–H groups in total. The van der Waals surface area contributed by atoms with Crippen LogP contribution in [-0.2, 0) is 13.6 Å². The van der Waals surface area contributed by atoms with E-state index in [0.717, 1.165) is 10.4 Å². The Morgan fingerprint density at radius 3 is 2.75 bits per heavy atom. The summed E-state index contributed by atoms with van der Waals surface area (Å²) in [7, 11) is 1.84. The lowest BCUT2D eigenvalue weighted by atomic mass is 10.2. The molecule has 0 aliphatic heterocycles. The molecule has 0 atom stereocenters. The van der Waals surface area contributed by atoms with Gasteiger partial charge in [0.15, 0.2) is 5.82 Å². The lowest BCUT2D eigenvalue weighted by molar-refractivity contribution is 0.627. The molecule has 0 saturated heterocycles. The zero-order valence-corrected chi connectivity index (χ0v) is 11.7. The normalized spacial score (nSPS) is 10.7. The second kappa shape index (κ2) is 5.42. The first kappa shape index (κ1) is 12.8. The Kier molecular flexibility index (Phi) is 3.47. The summed E-state index contributed by atoms with van der Waals surface area (Å²) < 4.78 is 14.5. The number of aromatic nitrogens is 3. The molecule has 4 nitrogen and oxygen atoms in total. The topological polar surface area (TPSA) is 42.7 Å². The molecule has 0 aliphatic rings. The van der Waals surface area contributed by atoms with Crippen LogP contribution in [0.4, 0.5) is 10.3 Å². The van der Waals surface area contributed by atoms with E-state index >= 15 is 0 Å². The van der Waals surface area contributed by atoms with Crippen LogP contribution in [-0.4, -0.2) is 14.8 Å². The van der Waals surface area contributed by atoms with Crippen LogP contribution in [0.15, 0.2) is 41.8 Å². The SMILES string of the molecule is Cn1nc(-c2cccs2)nc1NCc1ccc(F)cc1. The number of hydrogen-bond donors (Lipinski definition) is 1. The molecular weight excluding hydrogens is 275 g/mol. The van der Waals surface area contributed by atoms with Crippen molar-refractivity contribution in [1.82, 2.24) is 14.8 Å². The van der Waals surface area contributed by atoms with Gasteiger partial charge in [0.25, 0.3) is 0 Å². The summed E-state index contributed by atoms with van der Waals surface area (Å²) in [6.45, 7) is 0.580. The van der Waals surface area contributed by atoms with E-state index in [2.05, 4.69) is 15.4 Å². The van der Waals surface area contributed by atoms with E-state index in [1.807, 2.05) is 24.6 Å². The zero-order chi connectivity index (χ0) is 13.9. The summed E-state index contributed by atoms with van der Waals surface area (Å²) in [6.07, 6.45) is 0. The highest BCUT2D eigenvalue weighted by Gasteiger charge is 2.09. The van der Waals surface area contributed by atoms with Gasteiger partial charge < -0.3 is 5.32 Å². The molecule has 0 fully saturated rings. The first-order valence-corrected chi connectivity index (χ1v) is 7.03. The molecule has 2 aromatic heterocycles. The van der Waals surface area contributed by atoms with E-state index < -0.39 is 0 Å². The van der Waals surface area contributed by atoms with Gasteiger partial charge in [-0.2, -0.15) is 4.98 Å². The fourth-order valence-corrected chi connectivity index (χ4v) is 2.48. The van der Waals surface area contributed by atoms with Crippen LogP contribution in [0.1, 0.15) is 5.56 Å². The van der Waals surface area contributed by atoms with E-state index in [9.17, 15) is 4.39 Å². The van der Waals surface area contributed by atoms with Gasteiger partial charge in [0.2, 0.25) is 5.95 Å². The lowest BCUT2D eigenvalue weighted by Gasteiger charge is -2.04. The van der Waals surface area contributed by atoms with Gasteiger partial charge in [-0.05, 0) is 29.1 Å². The maximum Gasteiger partial charge on any atom is 0.221 e. The number of halogens is 1. The molecule has 6 heteroatoms. The van der Waals surface area contributed by atoms with E-state index in [4.69, 9.17) is 0 Å². The number of anilines is 1. The van der Waals surface area contributed by atoms with Gasteiger partial charge in [0.1, 0.15) is 5.82 Å². The molecule has 0 amide bonds. The molecule has 0 unspecified atom stereocenters. The highest BCUT2D eigenvalue weighted by molar-refractivity contribution is 7.13. The predicted octanol–water partition coefficient (Wildman–Crippen LogP) is 3.29. The third-order valence-corrected chi connectivity index (χ3v) is 3.73. The molecule has 0 aliphatic carbocycles. The van der Waals surface area contributed by atoms with Crippen molar-refractivity contribution < 1.29 is 4.39 Å². The number of nitrogens with one attached hydrogen (secondary N) is 1. The van der Waals surface area contributed by atoms with Crippen molar-refractivity contribution in [2.75, 3.05) is 5.32 Å². The van der Waals surface area contributed by atoms with E-state index in [0.29, 0.717) is 18.3 Å². The van der Waals surface area contributed by atoms with Crippen molar-refractivity contribution in [3.05, 3.63) is 53.2 Å². The molecule has 2 heterocycles. The number of rotatable bonds is 4. The molecular formula is C14H13FN4S. The summed E-state index contributed by atoms with van der Waals surface area (Å²) in [4.78, 5) is 5.50. The summed E-state index contributed by atoms with van der Waals surface area (Å²) in [6, 6.07) is 10.4. The van der Waals surface area contributed by atoms with Crippen LogP contribution in [0.2, 0.25) is 0 Å². The highest BCUT2D eigenvalue weighted by Crippen LogP contribution is 2.22. The van der Waals surface area contributed by atoms with E-state index in [1.54, 1.807) is 28.2 Å².